The molecule has 1 saturated carbocycles. The van der Waals surface area contributed by atoms with Crippen LogP contribution in [0.4, 0.5) is 0 Å². The van der Waals surface area contributed by atoms with Crippen LogP contribution in [0.2, 0.25) is 0 Å². The van der Waals surface area contributed by atoms with E-state index in [1.807, 2.05) is 24.3 Å². The number of carbonyl (C=O) groups is 2. The largest absolute Gasteiger partial charge is 0.493 e. The quantitative estimate of drug-likeness (QED) is 0.346. The number of hydrogen-bond donors (Lipinski definition) is 0. The molecule has 4 heteroatoms. The van der Waals surface area contributed by atoms with Gasteiger partial charge in [0.1, 0.15) is 11.3 Å². The molecule has 0 aromatic heterocycles. The van der Waals surface area contributed by atoms with Crippen molar-refractivity contribution in [1.29, 1.82) is 0 Å². The summed E-state index contributed by atoms with van der Waals surface area (Å²) in [5.41, 5.74) is 0.735. The van der Waals surface area contributed by atoms with Crippen molar-refractivity contribution >= 4 is 17.8 Å². The lowest BCUT2D eigenvalue weighted by atomic mass is 10.1. The molecule has 0 amide bonds. The first-order valence-electron chi connectivity index (χ1n) is 6.64. The van der Waals surface area contributed by atoms with Gasteiger partial charge in [0.2, 0.25) is 0 Å². The third-order valence-corrected chi connectivity index (χ3v) is 3.17. The minimum absolute atomic E-state index is 0.0231. The molecule has 0 aliphatic heterocycles. The molecule has 0 atom stereocenters. The summed E-state index contributed by atoms with van der Waals surface area (Å²) in [4.78, 5) is 23.1. The molecule has 0 bridgehead atoms. The minimum Gasteiger partial charge on any atom is -0.493 e. The van der Waals surface area contributed by atoms with E-state index in [-0.39, 0.29) is 11.4 Å². The Kier molecular flexibility index (Phi) is 4.56. The van der Waals surface area contributed by atoms with Gasteiger partial charge in [-0.2, -0.15) is 0 Å². The van der Waals surface area contributed by atoms with Crippen molar-refractivity contribution in [3.8, 4) is 5.75 Å². The zero-order chi connectivity index (χ0) is 14.5. The van der Waals surface area contributed by atoms with Crippen molar-refractivity contribution in [2.45, 2.75) is 19.8 Å². The summed E-state index contributed by atoms with van der Waals surface area (Å²) in [6.07, 6.45) is 3.94. The predicted molar refractivity (Wildman–Crippen MR) is 75.3 cm³/mol. The van der Waals surface area contributed by atoms with Gasteiger partial charge < -0.3 is 9.47 Å². The molecule has 106 valence electrons. The summed E-state index contributed by atoms with van der Waals surface area (Å²) in [6.45, 7) is 2.02. The lowest BCUT2D eigenvalue weighted by Crippen LogP contribution is -2.11. The van der Waals surface area contributed by atoms with Gasteiger partial charge in [-0.05, 0) is 37.8 Å². The average molecular weight is 274 g/mol. The number of Topliss-reactive ketones (excluding diaryl/α,β-unsaturated/α-hetero) is 1. The summed E-state index contributed by atoms with van der Waals surface area (Å²) in [5, 5.41) is 0. The number of esters is 1. The van der Waals surface area contributed by atoms with Crippen LogP contribution in [-0.2, 0) is 14.3 Å². The molecule has 1 aromatic carbocycles. The van der Waals surface area contributed by atoms with E-state index >= 15 is 0 Å². The number of hydrogen-bond acceptors (Lipinski definition) is 4. The first-order valence-corrected chi connectivity index (χ1v) is 6.64. The maximum absolute atomic E-state index is 11.6. The van der Waals surface area contributed by atoms with Gasteiger partial charge in [0.15, 0.2) is 5.78 Å². The highest BCUT2D eigenvalue weighted by Gasteiger charge is 2.22. The summed E-state index contributed by atoms with van der Waals surface area (Å²) >= 11 is 0. The van der Waals surface area contributed by atoms with Gasteiger partial charge in [0, 0.05) is 5.56 Å². The smallest absolute Gasteiger partial charge is 0.341 e. The van der Waals surface area contributed by atoms with E-state index in [4.69, 9.17) is 4.74 Å². The Morgan fingerprint density at radius 3 is 2.60 bits per heavy atom. The summed E-state index contributed by atoms with van der Waals surface area (Å²) in [5.74, 6) is 0.366. The molecule has 1 aliphatic carbocycles. The normalized spacial score (nSPS) is 14.8. The van der Waals surface area contributed by atoms with Gasteiger partial charge >= 0.3 is 5.97 Å². The SMILES string of the molecule is COC(=O)C(=Cc1ccccc1OCC1CC1)C(C)=O. The predicted octanol–water partition coefficient (Wildman–Crippen LogP) is 2.62. The number of para-hydroxylation sites is 1. The van der Waals surface area contributed by atoms with E-state index in [1.165, 1.54) is 33.0 Å². The molecule has 0 spiro atoms. The van der Waals surface area contributed by atoms with E-state index < -0.39 is 5.97 Å². The van der Waals surface area contributed by atoms with Crippen LogP contribution in [0.25, 0.3) is 6.08 Å². The van der Waals surface area contributed by atoms with Gasteiger partial charge in [0.05, 0.1) is 13.7 Å². The van der Waals surface area contributed by atoms with E-state index in [0.29, 0.717) is 23.8 Å². The molecule has 1 fully saturated rings. The second-order valence-electron chi connectivity index (χ2n) is 4.90. The Hall–Kier alpha value is -2.10. The summed E-state index contributed by atoms with van der Waals surface area (Å²) in [7, 11) is 1.26. The van der Waals surface area contributed by atoms with Crippen LogP contribution in [0, 0.1) is 5.92 Å². The highest BCUT2D eigenvalue weighted by molar-refractivity contribution is 6.19. The van der Waals surface area contributed by atoms with Gasteiger partial charge in [-0.3, -0.25) is 4.79 Å². The maximum Gasteiger partial charge on any atom is 0.341 e. The first-order chi connectivity index (χ1) is 9.61. The molecular formula is C16H18O4. The molecule has 2 rings (SSSR count). The fourth-order valence-corrected chi connectivity index (χ4v) is 1.79. The van der Waals surface area contributed by atoms with Crippen LogP contribution >= 0.6 is 0 Å². The molecule has 4 nitrogen and oxygen atoms in total. The molecule has 0 radical (unpaired) electrons. The number of ether oxygens (including phenoxy) is 2. The van der Waals surface area contributed by atoms with Crippen LogP contribution < -0.4 is 4.74 Å². The van der Waals surface area contributed by atoms with Crippen molar-refractivity contribution in [2.75, 3.05) is 13.7 Å². The van der Waals surface area contributed by atoms with Crippen LogP contribution in [0.15, 0.2) is 29.8 Å². The molecule has 20 heavy (non-hydrogen) atoms. The lowest BCUT2D eigenvalue weighted by Gasteiger charge is -2.09. The van der Waals surface area contributed by atoms with Crippen LogP contribution in [0.5, 0.6) is 5.75 Å². The minimum atomic E-state index is -0.630. The van der Waals surface area contributed by atoms with Crippen molar-refractivity contribution < 1.29 is 19.1 Å². The van der Waals surface area contributed by atoms with Crippen LogP contribution in [0.3, 0.4) is 0 Å². The van der Waals surface area contributed by atoms with Crippen molar-refractivity contribution in [3.63, 3.8) is 0 Å². The first kappa shape index (κ1) is 14.3. The Morgan fingerprint density at radius 1 is 1.30 bits per heavy atom. The highest BCUT2D eigenvalue weighted by atomic mass is 16.5. The Balaban J connectivity index is 2.24. The number of carbonyl (C=O) groups excluding carboxylic acids is 2. The van der Waals surface area contributed by atoms with Crippen molar-refractivity contribution in [1.82, 2.24) is 0 Å². The molecule has 1 aromatic rings. The fraction of sp³-hybridized carbons (Fsp3) is 0.375. The van der Waals surface area contributed by atoms with Crippen LogP contribution in [0.1, 0.15) is 25.3 Å². The van der Waals surface area contributed by atoms with Crippen LogP contribution in [-0.4, -0.2) is 25.5 Å². The zero-order valence-corrected chi connectivity index (χ0v) is 11.7. The third kappa shape index (κ3) is 3.70. The Labute approximate surface area is 118 Å². The van der Waals surface area contributed by atoms with Gasteiger partial charge in [0.25, 0.3) is 0 Å². The monoisotopic (exact) mass is 274 g/mol. The second kappa shape index (κ2) is 6.37. The lowest BCUT2D eigenvalue weighted by molar-refractivity contribution is -0.137. The summed E-state index contributed by atoms with van der Waals surface area (Å²) in [6, 6.07) is 7.35. The number of methoxy groups -OCH3 is 1. The molecule has 0 unspecified atom stereocenters. The topological polar surface area (TPSA) is 52.6 Å². The van der Waals surface area contributed by atoms with E-state index in [0.717, 1.165) is 0 Å². The van der Waals surface area contributed by atoms with Gasteiger partial charge in [-0.15, -0.1) is 0 Å². The maximum atomic E-state index is 11.6. The van der Waals surface area contributed by atoms with Gasteiger partial charge in [-0.1, -0.05) is 18.2 Å². The standard InChI is InChI=1S/C16H18O4/c1-11(17)14(16(18)19-2)9-13-5-3-4-6-15(13)20-10-12-7-8-12/h3-6,9,12H,7-8,10H2,1-2H3. The molecule has 1 aliphatic rings. The van der Waals surface area contributed by atoms with Crippen molar-refractivity contribution in [2.24, 2.45) is 5.92 Å². The highest BCUT2D eigenvalue weighted by Crippen LogP contribution is 2.30. The van der Waals surface area contributed by atoms with Gasteiger partial charge in [-0.25, -0.2) is 4.79 Å². The molecule has 0 heterocycles. The number of rotatable bonds is 6. The Bertz CT molecular complexity index is 541. The average Bonchev–Trinajstić information content (AvgIpc) is 3.26. The molecular weight excluding hydrogens is 256 g/mol. The second-order valence-corrected chi connectivity index (χ2v) is 4.90. The molecule has 0 N–H and O–H groups in total. The fourth-order valence-electron chi connectivity index (χ4n) is 1.79. The zero-order valence-electron chi connectivity index (χ0n) is 11.7. The summed E-state index contributed by atoms with van der Waals surface area (Å²) < 4.78 is 10.4. The number of ketones is 1. The molecule has 0 saturated heterocycles. The van der Waals surface area contributed by atoms with E-state index in [1.54, 1.807) is 0 Å². The third-order valence-electron chi connectivity index (χ3n) is 3.17. The van der Waals surface area contributed by atoms with Crippen molar-refractivity contribution in [3.05, 3.63) is 35.4 Å². The Morgan fingerprint density at radius 2 is 2.00 bits per heavy atom. The number of benzene rings is 1. The van der Waals surface area contributed by atoms with E-state index in [9.17, 15) is 9.59 Å². The van der Waals surface area contributed by atoms with E-state index in [2.05, 4.69) is 4.74 Å².